The van der Waals surface area contributed by atoms with Crippen LogP contribution in [0.2, 0.25) is 0 Å². The van der Waals surface area contributed by atoms with Crippen molar-refractivity contribution in [3.8, 4) is 0 Å². The van der Waals surface area contributed by atoms with Crippen molar-refractivity contribution in [1.82, 2.24) is 4.90 Å². The zero-order valence-corrected chi connectivity index (χ0v) is 11.8. The SMILES string of the molecule is CN(CC1(CBr)CCCC1)C(C)(C)CO. The minimum absolute atomic E-state index is 0.0994. The Morgan fingerprint density at radius 2 is 1.87 bits per heavy atom. The summed E-state index contributed by atoms with van der Waals surface area (Å²) in [6.07, 6.45) is 5.37. The molecule has 0 bridgehead atoms. The lowest BCUT2D eigenvalue weighted by molar-refractivity contribution is 0.0485. The summed E-state index contributed by atoms with van der Waals surface area (Å²) in [5.74, 6) is 0. The van der Waals surface area contributed by atoms with Crippen LogP contribution in [0.15, 0.2) is 0 Å². The number of aliphatic hydroxyl groups excluding tert-OH is 1. The third-order valence-electron chi connectivity index (χ3n) is 3.94. The first-order valence-corrected chi connectivity index (χ1v) is 6.96. The Kier molecular flexibility index (Phi) is 4.63. The average Bonchev–Trinajstić information content (AvgIpc) is 2.67. The van der Waals surface area contributed by atoms with Crippen molar-refractivity contribution in [3.05, 3.63) is 0 Å². The first-order valence-electron chi connectivity index (χ1n) is 5.84. The van der Waals surface area contributed by atoms with E-state index in [2.05, 4.69) is 41.7 Å². The van der Waals surface area contributed by atoms with Crippen LogP contribution in [0.1, 0.15) is 39.5 Å². The molecular weight excluding hydrogens is 254 g/mol. The predicted octanol–water partition coefficient (Wildman–Crippen LogP) is 2.64. The standard InChI is InChI=1S/C12H24BrNO/c1-11(2,10-15)14(3)9-12(8-13)6-4-5-7-12/h15H,4-10H2,1-3H3. The number of alkyl halides is 1. The molecule has 3 heteroatoms. The third-order valence-corrected chi connectivity index (χ3v) is 5.13. The van der Waals surface area contributed by atoms with Crippen LogP contribution < -0.4 is 0 Å². The summed E-state index contributed by atoms with van der Waals surface area (Å²) >= 11 is 3.66. The lowest BCUT2D eigenvalue weighted by atomic mass is 9.86. The van der Waals surface area contributed by atoms with E-state index < -0.39 is 0 Å². The van der Waals surface area contributed by atoms with Gasteiger partial charge in [-0.15, -0.1) is 0 Å². The van der Waals surface area contributed by atoms with Gasteiger partial charge in [0.05, 0.1) is 6.61 Å². The highest BCUT2D eigenvalue weighted by molar-refractivity contribution is 9.09. The highest BCUT2D eigenvalue weighted by Crippen LogP contribution is 2.40. The summed E-state index contributed by atoms with van der Waals surface area (Å²) in [6.45, 7) is 5.52. The van der Waals surface area contributed by atoms with E-state index in [-0.39, 0.29) is 12.1 Å². The fourth-order valence-electron chi connectivity index (χ4n) is 2.30. The average molecular weight is 278 g/mol. The van der Waals surface area contributed by atoms with Crippen LogP contribution in [0.5, 0.6) is 0 Å². The molecule has 0 aromatic heterocycles. The lowest BCUT2D eigenvalue weighted by Crippen LogP contribution is -2.49. The highest BCUT2D eigenvalue weighted by Gasteiger charge is 2.36. The Labute approximate surface area is 102 Å². The molecule has 1 aliphatic carbocycles. The number of rotatable bonds is 5. The van der Waals surface area contributed by atoms with Gasteiger partial charge in [0.25, 0.3) is 0 Å². The molecule has 1 aliphatic rings. The zero-order chi connectivity index (χ0) is 11.5. The van der Waals surface area contributed by atoms with Gasteiger partial charge in [-0.25, -0.2) is 0 Å². The van der Waals surface area contributed by atoms with Gasteiger partial charge in [0.2, 0.25) is 0 Å². The number of aliphatic hydroxyl groups is 1. The Balaban J connectivity index is 2.59. The first-order chi connectivity index (χ1) is 6.96. The van der Waals surface area contributed by atoms with Crippen molar-refractivity contribution in [3.63, 3.8) is 0 Å². The summed E-state index contributed by atoms with van der Waals surface area (Å²) in [5, 5.41) is 10.4. The molecule has 0 aromatic rings. The zero-order valence-electron chi connectivity index (χ0n) is 10.2. The van der Waals surface area contributed by atoms with Crippen LogP contribution >= 0.6 is 15.9 Å². The second kappa shape index (κ2) is 5.15. The van der Waals surface area contributed by atoms with Crippen molar-refractivity contribution in [2.75, 3.05) is 25.5 Å². The molecule has 0 aromatic carbocycles. The molecule has 1 saturated carbocycles. The van der Waals surface area contributed by atoms with Gasteiger partial charge in [0.1, 0.15) is 0 Å². The molecule has 0 aliphatic heterocycles. The molecule has 0 atom stereocenters. The first kappa shape index (κ1) is 13.5. The normalized spacial score (nSPS) is 21.2. The van der Waals surface area contributed by atoms with Crippen LogP contribution in [0.3, 0.4) is 0 Å². The molecule has 1 rings (SSSR count). The van der Waals surface area contributed by atoms with Gasteiger partial charge in [0, 0.05) is 17.4 Å². The number of hydrogen-bond donors (Lipinski definition) is 1. The lowest BCUT2D eigenvalue weighted by Gasteiger charge is -2.40. The molecule has 0 heterocycles. The van der Waals surface area contributed by atoms with Crippen molar-refractivity contribution in [1.29, 1.82) is 0 Å². The van der Waals surface area contributed by atoms with Crippen LogP contribution in [0, 0.1) is 5.41 Å². The largest absolute Gasteiger partial charge is 0.394 e. The maximum Gasteiger partial charge on any atom is 0.0609 e. The molecule has 1 fully saturated rings. The maximum absolute atomic E-state index is 9.34. The Hall–Kier alpha value is 0.400. The smallest absolute Gasteiger partial charge is 0.0609 e. The van der Waals surface area contributed by atoms with Gasteiger partial charge < -0.3 is 5.11 Å². The Bertz CT molecular complexity index is 200. The fourth-order valence-corrected chi connectivity index (χ4v) is 3.03. The van der Waals surface area contributed by atoms with E-state index in [1.165, 1.54) is 25.7 Å². The van der Waals surface area contributed by atoms with Crippen LogP contribution in [-0.4, -0.2) is 41.1 Å². The van der Waals surface area contributed by atoms with E-state index in [9.17, 15) is 5.11 Å². The van der Waals surface area contributed by atoms with Gasteiger partial charge in [-0.05, 0) is 39.2 Å². The van der Waals surface area contributed by atoms with Crippen LogP contribution in [-0.2, 0) is 0 Å². The maximum atomic E-state index is 9.34. The Morgan fingerprint density at radius 1 is 1.33 bits per heavy atom. The molecule has 90 valence electrons. The topological polar surface area (TPSA) is 23.5 Å². The predicted molar refractivity (Wildman–Crippen MR) is 68.5 cm³/mol. The van der Waals surface area contributed by atoms with E-state index in [0.717, 1.165) is 11.9 Å². The summed E-state index contributed by atoms with van der Waals surface area (Å²) in [7, 11) is 2.12. The van der Waals surface area contributed by atoms with E-state index in [1.54, 1.807) is 0 Å². The number of likely N-dealkylation sites (N-methyl/N-ethyl adjacent to an activating group) is 1. The third kappa shape index (κ3) is 3.18. The summed E-state index contributed by atoms with van der Waals surface area (Å²) in [4.78, 5) is 2.31. The minimum atomic E-state index is -0.0994. The molecule has 0 amide bonds. The minimum Gasteiger partial charge on any atom is -0.394 e. The van der Waals surface area contributed by atoms with Crippen molar-refractivity contribution in [2.45, 2.75) is 45.1 Å². The second-order valence-corrected chi connectivity index (χ2v) is 6.23. The molecule has 0 radical (unpaired) electrons. The quantitative estimate of drug-likeness (QED) is 0.781. The highest BCUT2D eigenvalue weighted by atomic mass is 79.9. The fraction of sp³-hybridized carbons (Fsp3) is 1.00. The van der Waals surface area contributed by atoms with E-state index in [0.29, 0.717) is 5.41 Å². The monoisotopic (exact) mass is 277 g/mol. The van der Waals surface area contributed by atoms with E-state index in [4.69, 9.17) is 0 Å². The van der Waals surface area contributed by atoms with Crippen molar-refractivity contribution >= 4 is 15.9 Å². The van der Waals surface area contributed by atoms with E-state index >= 15 is 0 Å². The second-order valence-electron chi connectivity index (χ2n) is 5.67. The van der Waals surface area contributed by atoms with Gasteiger partial charge in [0.15, 0.2) is 0 Å². The number of halogens is 1. The molecule has 0 saturated heterocycles. The molecule has 2 nitrogen and oxygen atoms in total. The Morgan fingerprint density at radius 3 is 2.27 bits per heavy atom. The summed E-state index contributed by atoms with van der Waals surface area (Å²) < 4.78 is 0. The van der Waals surface area contributed by atoms with Gasteiger partial charge in [-0.3, -0.25) is 4.90 Å². The van der Waals surface area contributed by atoms with Gasteiger partial charge >= 0.3 is 0 Å². The van der Waals surface area contributed by atoms with E-state index in [1.807, 2.05) is 0 Å². The molecule has 0 spiro atoms. The van der Waals surface area contributed by atoms with Gasteiger partial charge in [-0.1, -0.05) is 28.8 Å². The van der Waals surface area contributed by atoms with Crippen molar-refractivity contribution < 1.29 is 5.11 Å². The molecule has 0 unspecified atom stereocenters. The summed E-state index contributed by atoms with van der Waals surface area (Å²) in [5.41, 5.74) is 0.346. The molecule has 1 N–H and O–H groups in total. The summed E-state index contributed by atoms with van der Waals surface area (Å²) in [6, 6.07) is 0. The van der Waals surface area contributed by atoms with Crippen LogP contribution in [0.25, 0.3) is 0 Å². The number of hydrogen-bond acceptors (Lipinski definition) is 2. The van der Waals surface area contributed by atoms with Crippen LogP contribution in [0.4, 0.5) is 0 Å². The van der Waals surface area contributed by atoms with Gasteiger partial charge in [-0.2, -0.15) is 0 Å². The number of nitrogens with zero attached hydrogens (tertiary/aromatic N) is 1. The molecule has 15 heavy (non-hydrogen) atoms. The molecular formula is C12H24BrNO. The van der Waals surface area contributed by atoms with Crippen molar-refractivity contribution in [2.24, 2.45) is 5.41 Å².